The largest absolute Gasteiger partial charge is 0.495 e. The molecule has 25 heavy (non-hydrogen) atoms. The zero-order valence-electron chi connectivity index (χ0n) is 14.2. The van der Waals surface area contributed by atoms with Crippen molar-refractivity contribution in [3.05, 3.63) is 38.7 Å². The standard InChI is InChI=1S/C18H22N2O2S2.ClH/c1-22-14-3-9-24-16(14)17(21)20(11-13-2-8-23-12-13)15-10-18(15)4-6-19-7-5-18;/h2-3,8-9,12,15,19H,4-7,10-11H2,1H3;1H. The van der Waals surface area contributed by atoms with Crippen LogP contribution in [0.2, 0.25) is 0 Å². The minimum Gasteiger partial charge on any atom is -0.495 e. The molecule has 2 aromatic rings. The molecular formula is C18H23ClN2O2S2. The maximum absolute atomic E-state index is 13.3. The zero-order chi connectivity index (χ0) is 16.6. The molecule has 1 aliphatic heterocycles. The van der Waals surface area contributed by atoms with Gasteiger partial charge in [0.2, 0.25) is 0 Å². The summed E-state index contributed by atoms with van der Waals surface area (Å²) in [5, 5.41) is 9.60. The SMILES string of the molecule is COc1ccsc1C(=O)N(Cc1ccsc1)C1CC12CCNCC2.Cl. The van der Waals surface area contributed by atoms with Gasteiger partial charge >= 0.3 is 0 Å². The van der Waals surface area contributed by atoms with Crippen LogP contribution >= 0.6 is 35.1 Å². The highest BCUT2D eigenvalue weighted by Crippen LogP contribution is 2.56. The second kappa shape index (κ2) is 7.66. The van der Waals surface area contributed by atoms with Crippen molar-refractivity contribution in [3.63, 3.8) is 0 Å². The summed E-state index contributed by atoms with van der Waals surface area (Å²) >= 11 is 3.17. The van der Waals surface area contributed by atoms with E-state index in [4.69, 9.17) is 4.74 Å². The molecule has 1 aliphatic carbocycles. The first-order valence-electron chi connectivity index (χ1n) is 8.38. The number of methoxy groups -OCH3 is 1. The van der Waals surface area contributed by atoms with Gasteiger partial charge in [0.1, 0.15) is 10.6 Å². The average molecular weight is 399 g/mol. The van der Waals surface area contributed by atoms with Gasteiger partial charge in [-0.25, -0.2) is 0 Å². The predicted octanol–water partition coefficient (Wildman–Crippen LogP) is 4.02. The van der Waals surface area contributed by atoms with Crippen molar-refractivity contribution < 1.29 is 9.53 Å². The van der Waals surface area contributed by atoms with Crippen molar-refractivity contribution in [2.24, 2.45) is 5.41 Å². The highest BCUT2D eigenvalue weighted by Gasteiger charge is 2.58. The van der Waals surface area contributed by atoms with Crippen LogP contribution in [-0.4, -0.2) is 37.0 Å². The Kier molecular flexibility index (Phi) is 5.73. The molecule has 136 valence electrons. The molecule has 4 nitrogen and oxygen atoms in total. The first-order chi connectivity index (χ1) is 11.7. The van der Waals surface area contributed by atoms with Gasteiger partial charge in [-0.15, -0.1) is 23.7 Å². The van der Waals surface area contributed by atoms with Crippen molar-refractivity contribution in [2.45, 2.75) is 31.8 Å². The number of amides is 1. The monoisotopic (exact) mass is 398 g/mol. The summed E-state index contributed by atoms with van der Waals surface area (Å²) in [5.74, 6) is 0.814. The van der Waals surface area contributed by atoms with Crippen molar-refractivity contribution in [1.29, 1.82) is 0 Å². The highest BCUT2D eigenvalue weighted by molar-refractivity contribution is 7.12. The Balaban J connectivity index is 0.00000182. The number of carbonyl (C=O) groups is 1. The number of ether oxygens (including phenoxy) is 1. The van der Waals surface area contributed by atoms with Crippen LogP contribution < -0.4 is 10.1 Å². The molecular weight excluding hydrogens is 376 g/mol. The van der Waals surface area contributed by atoms with Gasteiger partial charge in [0, 0.05) is 12.6 Å². The third-order valence-electron chi connectivity index (χ3n) is 5.36. The number of hydrogen-bond donors (Lipinski definition) is 1. The molecule has 0 radical (unpaired) electrons. The average Bonchev–Trinajstić information content (AvgIpc) is 3.05. The van der Waals surface area contributed by atoms with E-state index in [-0.39, 0.29) is 18.3 Å². The summed E-state index contributed by atoms with van der Waals surface area (Å²) in [5.41, 5.74) is 1.56. The van der Waals surface area contributed by atoms with E-state index in [1.54, 1.807) is 18.4 Å². The van der Waals surface area contributed by atoms with E-state index < -0.39 is 0 Å². The molecule has 7 heteroatoms. The molecule has 4 rings (SSSR count). The number of halogens is 1. The van der Waals surface area contributed by atoms with Crippen LogP contribution in [0.3, 0.4) is 0 Å². The second-order valence-corrected chi connectivity index (χ2v) is 8.41. The van der Waals surface area contributed by atoms with Gasteiger partial charge in [-0.2, -0.15) is 11.3 Å². The predicted molar refractivity (Wildman–Crippen MR) is 105 cm³/mol. The molecule has 1 saturated carbocycles. The topological polar surface area (TPSA) is 41.6 Å². The Morgan fingerprint density at radius 1 is 1.36 bits per heavy atom. The number of nitrogens with one attached hydrogen (secondary N) is 1. The van der Waals surface area contributed by atoms with Crippen LogP contribution in [-0.2, 0) is 6.54 Å². The summed E-state index contributed by atoms with van der Waals surface area (Å²) < 4.78 is 5.38. The lowest BCUT2D eigenvalue weighted by Gasteiger charge is -2.29. The zero-order valence-corrected chi connectivity index (χ0v) is 16.6. The van der Waals surface area contributed by atoms with E-state index in [9.17, 15) is 4.79 Å². The smallest absolute Gasteiger partial charge is 0.268 e. The Bertz CT molecular complexity index is 710. The van der Waals surface area contributed by atoms with Gasteiger partial charge in [-0.05, 0) is 71.6 Å². The Hall–Kier alpha value is -1.08. The van der Waals surface area contributed by atoms with E-state index >= 15 is 0 Å². The minimum atomic E-state index is 0. The van der Waals surface area contributed by atoms with E-state index in [2.05, 4.69) is 27.0 Å². The third-order valence-corrected chi connectivity index (χ3v) is 6.98. The summed E-state index contributed by atoms with van der Waals surface area (Å²) in [6.07, 6.45) is 3.48. The van der Waals surface area contributed by atoms with Crippen LogP contribution in [0.5, 0.6) is 5.75 Å². The van der Waals surface area contributed by atoms with Crippen LogP contribution in [0, 0.1) is 5.41 Å². The lowest BCUT2D eigenvalue weighted by Crippen LogP contribution is -2.38. The van der Waals surface area contributed by atoms with Crippen molar-refractivity contribution in [3.8, 4) is 5.75 Å². The van der Waals surface area contributed by atoms with Gasteiger partial charge in [0.15, 0.2) is 0 Å². The number of hydrogen-bond acceptors (Lipinski definition) is 5. The Morgan fingerprint density at radius 2 is 2.16 bits per heavy atom. The summed E-state index contributed by atoms with van der Waals surface area (Å²) in [6, 6.07) is 4.36. The van der Waals surface area contributed by atoms with Gasteiger partial charge in [0.05, 0.1) is 7.11 Å². The fraction of sp³-hybridized carbons (Fsp3) is 0.500. The van der Waals surface area contributed by atoms with E-state index in [1.807, 2.05) is 11.4 Å². The number of carbonyl (C=O) groups excluding carboxylic acids is 1. The number of nitrogens with zero attached hydrogens (tertiary/aromatic N) is 1. The van der Waals surface area contributed by atoms with E-state index in [0.29, 0.717) is 23.8 Å². The maximum Gasteiger partial charge on any atom is 0.268 e. The molecule has 0 aromatic carbocycles. The van der Waals surface area contributed by atoms with Crippen molar-refractivity contribution in [2.75, 3.05) is 20.2 Å². The third kappa shape index (κ3) is 3.58. The number of piperidine rings is 1. The summed E-state index contributed by atoms with van der Waals surface area (Å²) in [7, 11) is 1.63. The molecule has 2 aliphatic rings. The molecule has 1 atom stereocenters. The normalized spacial score (nSPS) is 20.8. The highest BCUT2D eigenvalue weighted by atomic mass is 35.5. The molecule has 1 spiro atoms. The first kappa shape index (κ1) is 18.7. The Morgan fingerprint density at radius 3 is 2.84 bits per heavy atom. The van der Waals surface area contributed by atoms with Crippen LogP contribution in [0.4, 0.5) is 0 Å². The minimum absolute atomic E-state index is 0. The molecule has 3 heterocycles. The van der Waals surface area contributed by atoms with Crippen molar-refractivity contribution >= 4 is 41.0 Å². The molecule has 2 fully saturated rings. The number of thiophene rings is 2. The summed E-state index contributed by atoms with van der Waals surface area (Å²) in [4.78, 5) is 16.1. The van der Waals surface area contributed by atoms with E-state index in [1.165, 1.54) is 29.7 Å². The van der Waals surface area contributed by atoms with Gasteiger partial charge < -0.3 is 15.0 Å². The quantitative estimate of drug-likeness (QED) is 0.826. The van der Waals surface area contributed by atoms with Crippen LogP contribution in [0.25, 0.3) is 0 Å². The fourth-order valence-corrected chi connectivity index (χ4v) is 5.35. The van der Waals surface area contributed by atoms with Crippen LogP contribution in [0.1, 0.15) is 34.5 Å². The Labute approximate surface area is 162 Å². The first-order valence-corrected chi connectivity index (χ1v) is 10.2. The van der Waals surface area contributed by atoms with Gasteiger partial charge in [-0.3, -0.25) is 4.79 Å². The van der Waals surface area contributed by atoms with Gasteiger partial charge in [0.25, 0.3) is 5.91 Å². The molecule has 1 N–H and O–H groups in total. The number of rotatable bonds is 5. The molecule has 1 unspecified atom stereocenters. The molecule has 1 saturated heterocycles. The second-order valence-electron chi connectivity index (χ2n) is 6.72. The molecule has 2 aromatic heterocycles. The maximum atomic E-state index is 13.3. The van der Waals surface area contributed by atoms with Crippen molar-refractivity contribution in [1.82, 2.24) is 10.2 Å². The lowest BCUT2D eigenvalue weighted by molar-refractivity contribution is 0.0694. The molecule has 0 bridgehead atoms. The van der Waals surface area contributed by atoms with Crippen LogP contribution in [0.15, 0.2) is 28.3 Å². The lowest BCUT2D eigenvalue weighted by atomic mass is 9.93. The van der Waals surface area contributed by atoms with E-state index in [0.717, 1.165) is 24.4 Å². The molecule has 1 amide bonds. The summed E-state index contributed by atoms with van der Waals surface area (Å²) in [6.45, 7) is 2.84. The van der Waals surface area contributed by atoms with Gasteiger partial charge in [-0.1, -0.05) is 0 Å². The fourth-order valence-electron chi connectivity index (χ4n) is 3.88.